The molecule has 0 aliphatic heterocycles. The maximum absolute atomic E-state index is 10.5. The predicted octanol–water partition coefficient (Wildman–Crippen LogP) is 2.02. The van der Waals surface area contributed by atoms with Crippen molar-refractivity contribution >= 4 is 5.69 Å². The van der Waals surface area contributed by atoms with Gasteiger partial charge >= 0.3 is 0 Å². The molecule has 5 heteroatoms. The van der Waals surface area contributed by atoms with Gasteiger partial charge in [0.25, 0.3) is 5.69 Å². The van der Waals surface area contributed by atoms with E-state index < -0.39 is 11.0 Å². The van der Waals surface area contributed by atoms with Gasteiger partial charge in [-0.25, -0.2) is 0 Å². The van der Waals surface area contributed by atoms with E-state index in [4.69, 9.17) is 0 Å². The molecule has 0 radical (unpaired) electrons. The van der Waals surface area contributed by atoms with Crippen molar-refractivity contribution in [3.8, 4) is 0 Å². The average Bonchev–Trinajstić information content (AvgIpc) is 2.94. The number of non-ortho nitro benzene ring substituents is 1. The summed E-state index contributed by atoms with van der Waals surface area (Å²) in [6.45, 7) is 4.84. The minimum absolute atomic E-state index is 0.0437. The van der Waals surface area contributed by atoms with Crippen LogP contribution in [0, 0.1) is 15.5 Å². The molecule has 0 spiro atoms. The normalized spacial score (nSPS) is 22.5. The van der Waals surface area contributed by atoms with Gasteiger partial charge in [0.15, 0.2) is 0 Å². The summed E-state index contributed by atoms with van der Waals surface area (Å²) in [6.07, 6.45) is 0.502. The molecule has 1 aromatic rings. The number of hydrogen-bond donors (Lipinski definition) is 2. The number of rotatable bonds is 5. The molecule has 1 aliphatic rings. The molecule has 1 fully saturated rings. The van der Waals surface area contributed by atoms with Crippen molar-refractivity contribution in [2.75, 3.05) is 6.54 Å². The number of nitro groups is 1. The van der Waals surface area contributed by atoms with Crippen LogP contribution in [0.4, 0.5) is 5.69 Å². The number of benzene rings is 1. The standard InChI is InChI=1S/C13H18N2O3/c1-13(2)7-12(13)14-8-11(16)9-3-5-10(6-4-9)15(17)18/h3-6,11-12,14,16H,7-8H2,1-2H3. The molecule has 0 aromatic heterocycles. The third-order valence-corrected chi connectivity index (χ3v) is 3.56. The molecule has 98 valence electrons. The van der Waals surface area contributed by atoms with Crippen LogP contribution in [-0.4, -0.2) is 22.6 Å². The van der Waals surface area contributed by atoms with E-state index in [1.807, 2.05) is 0 Å². The van der Waals surface area contributed by atoms with E-state index in [0.717, 1.165) is 6.42 Å². The summed E-state index contributed by atoms with van der Waals surface area (Å²) in [5.41, 5.74) is 1.07. The van der Waals surface area contributed by atoms with Crippen LogP contribution < -0.4 is 5.32 Å². The van der Waals surface area contributed by atoms with E-state index in [9.17, 15) is 15.2 Å². The van der Waals surface area contributed by atoms with Crippen molar-refractivity contribution in [1.82, 2.24) is 5.32 Å². The fourth-order valence-electron chi connectivity index (χ4n) is 2.01. The number of aliphatic hydroxyl groups excluding tert-OH is 1. The maximum atomic E-state index is 10.5. The van der Waals surface area contributed by atoms with Crippen molar-refractivity contribution in [2.45, 2.75) is 32.4 Å². The van der Waals surface area contributed by atoms with Gasteiger partial charge in [-0.2, -0.15) is 0 Å². The highest BCUT2D eigenvalue weighted by Crippen LogP contribution is 2.44. The Morgan fingerprint density at radius 1 is 1.50 bits per heavy atom. The van der Waals surface area contributed by atoms with Crippen molar-refractivity contribution in [3.05, 3.63) is 39.9 Å². The third-order valence-electron chi connectivity index (χ3n) is 3.56. The van der Waals surface area contributed by atoms with Crippen molar-refractivity contribution < 1.29 is 10.0 Å². The summed E-state index contributed by atoms with van der Waals surface area (Å²) in [4.78, 5) is 10.1. The van der Waals surface area contributed by atoms with Crippen LogP contribution >= 0.6 is 0 Å². The van der Waals surface area contributed by atoms with Gasteiger partial charge in [-0.05, 0) is 29.5 Å². The zero-order valence-electron chi connectivity index (χ0n) is 10.6. The zero-order chi connectivity index (χ0) is 13.3. The van der Waals surface area contributed by atoms with E-state index >= 15 is 0 Å². The Kier molecular flexibility index (Phi) is 3.36. The number of nitrogens with zero attached hydrogens (tertiary/aromatic N) is 1. The van der Waals surface area contributed by atoms with Crippen LogP contribution in [-0.2, 0) is 0 Å². The Labute approximate surface area is 106 Å². The molecule has 1 saturated carbocycles. The second-order valence-corrected chi connectivity index (χ2v) is 5.52. The first-order valence-corrected chi connectivity index (χ1v) is 6.06. The molecule has 1 aromatic carbocycles. The first-order valence-electron chi connectivity index (χ1n) is 6.06. The van der Waals surface area contributed by atoms with E-state index in [0.29, 0.717) is 23.6 Å². The highest BCUT2D eigenvalue weighted by molar-refractivity contribution is 5.33. The molecule has 0 heterocycles. The Hall–Kier alpha value is -1.46. The second-order valence-electron chi connectivity index (χ2n) is 5.52. The van der Waals surface area contributed by atoms with Crippen LogP contribution in [0.1, 0.15) is 31.9 Å². The van der Waals surface area contributed by atoms with Gasteiger partial charge in [-0.15, -0.1) is 0 Å². The van der Waals surface area contributed by atoms with Gasteiger partial charge in [0.05, 0.1) is 11.0 Å². The summed E-state index contributed by atoms with van der Waals surface area (Å²) in [6, 6.07) is 6.50. The fourth-order valence-corrected chi connectivity index (χ4v) is 2.01. The van der Waals surface area contributed by atoms with Gasteiger partial charge in [-0.1, -0.05) is 13.8 Å². The molecule has 18 heavy (non-hydrogen) atoms. The Morgan fingerprint density at radius 3 is 2.50 bits per heavy atom. The summed E-state index contributed by atoms with van der Waals surface area (Å²) in [7, 11) is 0. The van der Waals surface area contributed by atoms with Gasteiger partial charge in [0.2, 0.25) is 0 Å². The lowest BCUT2D eigenvalue weighted by molar-refractivity contribution is -0.384. The molecular weight excluding hydrogens is 232 g/mol. The molecule has 2 rings (SSSR count). The molecule has 0 saturated heterocycles. The van der Waals surface area contributed by atoms with Crippen molar-refractivity contribution in [3.63, 3.8) is 0 Å². The maximum Gasteiger partial charge on any atom is 0.269 e. The average molecular weight is 250 g/mol. The van der Waals surface area contributed by atoms with Crippen LogP contribution in [0.15, 0.2) is 24.3 Å². The fraction of sp³-hybridized carbons (Fsp3) is 0.538. The van der Waals surface area contributed by atoms with E-state index in [1.54, 1.807) is 12.1 Å². The van der Waals surface area contributed by atoms with E-state index in [-0.39, 0.29) is 5.69 Å². The SMILES string of the molecule is CC1(C)CC1NCC(O)c1ccc([N+](=O)[O-])cc1. The molecule has 2 unspecified atom stereocenters. The van der Waals surface area contributed by atoms with Crippen LogP contribution in [0.25, 0.3) is 0 Å². The lowest BCUT2D eigenvalue weighted by Gasteiger charge is -2.13. The van der Waals surface area contributed by atoms with Crippen molar-refractivity contribution in [1.29, 1.82) is 0 Å². The minimum Gasteiger partial charge on any atom is -0.387 e. The highest BCUT2D eigenvalue weighted by Gasteiger charge is 2.45. The summed E-state index contributed by atoms with van der Waals surface area (Å²) < 4.78 is 0. The summed E-state index contributed by atoms with van der Waals surface area (Å²) >= 11 is 0. The smallest absolute Gasteiger partial charge is 0.269 e. The molecule has 0 amide bonds. The Balaban J connectivity index is 1.88. The number of nitrogens with one attached hydrogen (secondary N) is 1. The zero-order valence-corrected chi connectivity index (χ0v) is 10.6. The minimum atomic E-state index is -0.623. The largest absolute Gasteiger partial charge is 0.387 e. The first-order chi connectivity index (χ1) is 8.40. The molecule has 2 N–H and O–H groups in total. The van der Waals surface area contributed by atoms with E-state index in [2.05, 4.69) is 19.2 Å². The highest BCUT2D eigenvalue weighted by atomic mass is 16.6. The summed E-state index contributed by atoms with van der Waals surface area (Å²) in [5, 5.41) is 23.8. The molecular formula is C13H18N2O3. The number of hydrogen-bond acceptors (Lipinski definition) is 4. The van der Waals surface area contributed by atoms with Crippen LogP contribution in [0.3, 0.4) is 0 Å². The Morgan fingerprint density at radius 2 is 2.06 bits per heavy atom. The van der Waals surface area contributed by atoms with Gasteiger partial charge in [0, 0.05) is 24.7 Å². The molecule has 0 bridgehead atoms. The quantitative estimate of drug-likeness (QED) is 0.619. The van der Waals surface area contributed by atoms with Gasteiger partial charge in [0.1, 0.15) is 0 Å². The molecule has 2 atom stereocenters. The van der Waals surface area contributed by atoms with E-state index in [1.165, 1.54) is 12.1 Å². The lowest BCUT2D eigenvalue weighted by Crippen LogP contribution is -2.26. The van der Waals surface area contributed by atoms with Crippen LogP contribution in [0.5, 0.6) is 0 Å². The van der Waals surface area contributed by atoms with Crippen LogP contribution in [0.2, 0.25) is 0 Å². The number of aliphatic hydroxyl groups is 1. The van der Waals surface area contributed by atoms with Crippen molar-refractivity contribution in [2.24, 2.45) is 5.41 Å². The molecule has 1 aliphatic carbocycles. The monoisotopic (exact) mass is 250 g/mol. The molecule has 5 nitrogen and oxygen atoms in total. The third kappa shape index (κ3) is 2.86. The van der Waals surface area contributed by atoms with Gasteiger partial charge < -0.3 is 10.4 Å². The van der Waals surface area contributed by atoms with Gasteiger partial charge in [-0.3, -0.25) is 10.1 Å². The second kappa shape index (κ2) is 4.66. The first kappa shape index (κ1) is 13.0. The Bertz CT molecular complexity index is 442. The summed E-state index contributed by atoms with van der Waals surface area (Å²) in [5.74, 6) is 0. The lowest BCUT2D eigenvalue weighted by atomic mass is 10.1. The predicted molar refractivity (Wildman–Crippen MR) is 68.2 cm³/mol. The topological polar surface area (TPSA) is 75.4 Å². The number of nitro benzene ring substituents is 1.